The van der Waals surface area contributed by atoms with E-state index < -0.39 is 0 Å². The third-order valence-corrected chi connectivity index (χ3v) is 3.92. The van der Waals surface area contributed by atoms with E-state index in [2.05, 4.69) is 32.9 Å². The van der Waals surface area contributed by atoms with Gasteiger partial charge in [-0.05, 0) is 53.8 Å². The maximum Gasteiger partial charge on any atom is 0.127 e. The topological polar surface area (TPSA) is 59.1 Å². The molecule has 0 atom stereocenters. The zero-order valence-electron chi connectivity index (χ0n) is 12.8. The van der Waals surface area contributed by atoms with E-state index in [9.17, 15) is 0 Å². The summed E-state index contributed by atoms with van der Waals surface area (Å²) in [5.41, 5.74) is 7.62. The van der Waals surface area contributed by atoms with Crippen LogP contribution in [0.2, 0.25) is 0 Å². The molecule has 0 unspecified atom stereocenters. The number of benzene rings is 2. The third-order valence-electron chi connectivity index (χ3n) is 3.92. The Balaban J connectivity index is 2.11. The molecule has 0 aromatic heterocycles. The van der Waals surface area contributed by atoms with E-state index in [0.29, 0.717) is 5.56 Å². The van der Waals surface area contributed by atoms with Crippen molar-refractivity contribution < 1.29 is 4.74 Å². The number of nitrogen functional groups attached to an aromatic ring is 1. The Morgan fingerprint density at radius 2 is 1.48 bits per heavy atom. The molecule has 0 aliphatic carbocycles. The fourth-order valence-corrected chi connectivity index (χ4v) is 2.02. The minimum absolute atomic E-state index is 0.0627. The molecule has 0 aliphatic heterocycles. The van der Waals surface area contributed by atoms with Crippen molar-refractivity contribution in [3.8, 4) is 11.5 Å². The smallest absolute Gasteiger partial charge is 0.127 e. The first kappa shape index (κ1) is 15.1. The molecule has 0 saturated carbocycles. The second kappa shape index (κ2) is 6.00. The molecule has 0 aliphatic rings. The van der Waals surface area contributed by atoms with Gasteiger partial charge in [0.15, 0.2) is 0 Å². The number of ether oxygens (including phenoxy) is 1. The van der Waals surface area contributed by atoms with Crippen LogP contribution in [0, 0.1) is 5.41 Å². The van der Waals surface area contributed by atoms with Gasteiger partial charge in [0.1, 0.15) is 17.3 Å². The SMILES string of the molecule is CCC(C)(C)c1ccc(Oc2ccc(C(=N)N)cc2)cc1. The summed E-state index contributed by atoms with van der Waals surface area (Å²) in [4.78, 5) is 0. The van der Waals surface area contributed by atoms with E-state index in [0.717, 1.165) is 17.9 Å². The molecule has 3 nitrogen and oxygen atoms in total. The summed E-state index contributed by atoms with van der Waals surface area (Å²) in [6.45, 7) is 6.67. The van der Waals surface area contributed by atoms with Crippen molar-refractivity contribution in [3.05, 3.63) is 59.7 Å². The monoisotopic (exact) mass is 282 g/mol. The van der Waals surface area contributed by atoms with Gasteiger partial charge in [-0.15, -0.1) is 0 Å². The average molecular weight is 282 g/mol. The van der Waals surface area contributed by atoms with Crippen LogP contribution >= 0.6 is 0 Å². The molecule has 3 N–H and O–H groups in total. The number of amidine groups is 1. The van der Waals surface area contributed by atoms with Crippen LogP contribution in [0.15, 0.2) is 48.5 Å². The van der Waals surface area contributed by atoms with Gasteiger partial charge in [0.05, 0.1) is 0 Å². The van der Waals surface area contributed by atoms with E-state index >= 15 is 0 Å². The summed E-state index contributed by atoms with van der Waals surface area (Å²) in [6, 6.07) is 15.4. The van der Waals surface area contributed by atoms with E-state index in [1.54, 1.807) is 12.1 Å². The maximum absolute atomic E-state index is 7.36. The molecule has 2 aromatic carbocycles. The number of nitrogens with one attached hydrogen (secondary N) is 1. The van der Waals surface area contributed by atoms with Gasteiger partial charge < -0.3 is 10.5 Å². The Bertz CT molecular complexity index is 613. The third kappa shape index (κ3) is 3.63. The van der Waals surface area contributed by atoms with Crippen molar-refractivity contribution in [3.63, 3.8) is 0 Å². The Morgan fingerprint density at radius 3 is 1.90 bits per heavy atom. The minimum atomic E-state index is 0.0627. The molecule has 0 radical (unpaired) electrons. The molecule has 0 heterocycles. The Morgan fingerprint density at radius 1 is 1.00 bits per heavy atom. The van der Waals surface area contributed by atoms with Crippen LogP contribution in [-0.4, -0.2) is 5.84 Å². The standard InChI is InChI=1S/C18H22N2O/c1-4-18(2,3)14-7-11-16(12-8-14)21-15-9-5-13(6-10-15)17(19)20/h5-12H,4H2,1-3H3,(H3,19,20). The van der Waals surface area contributed by atoms with Crippen LogP contribution in [0.5, 0.6) is 11.5 Å². The van der Waals surface area contributed by atoms with Crippen molar-refractivity contribution in [1.29, 1.82) is 5.41 Å². The lowest BCUT2D eigenvalue weighted by molar-refractivity contribution is 0.478. The summed E-state index contributed by atoms with van der Waals surface area (Å²) in [5.74, 6) is 1.61. The van der Waals surface area contributed by atoms with Gasteiger partial charge in [0, 0.05) is 5.56 Å². The van der Waals surface area contributed by atoms with E-state index in [4.69, 9.17) is 15.9 Å². The highest BCUT2D eigenvalue weighted by Crippen LogP contribution is 2.29. The first-order chi connectivity index (χ1) is 9.92. The average Bonchev–Trinajstić information content (AvgIpc) is 2.48. The molecular formula is C18H22N2O. The first-order valence-corrected chi connectivity index (χ1v) is 7.15. The lowest BCUT2D eigenvalue weighted by Crippen LogP contribution is -2.14. The van der Waals surface area contributed by atoms with Gasteiger partial charge in [-0.2, -0.15) is 0 Å². The van der Waals surface area contributed by atoms with Crippen molar-refractivity contribution in [1.82, 2.24) is 0 Å². The highest BCUT2D eigenvalue weighted by Gasteiger charge is 2.17. The molecule has 0 fully saturated rings. The fraction of sp³-hybridized carbons (Fsp3) is 0.278. The number of nitrogens with two attached hydrogens (primary N) is 1. The summed E-state index contributed by atoms with van der Waals surface area (Å²) < 4.78 is 5.80. The minimum Gasteiger partial charge on any atom is -0.457 e. The molecule has 110 valence electrons. The van der Waals surface area contributed by atoms with E-state index in [-0.39, 0.29) is 11.3 Å². The maximum atomic E-state index is 7.36. The Hall–Kier alpha value is -2.29. The molecule has 2 aromatic rings. The lowest BCUT2D eigenvalue weighted by Gasteiger charge is -2.23. The van der Waals surface area contributed by atoms with Gasteiger partial charge in [0.25, 0.3) is 0 Å². The predicted octanol–water partition coefficient (Wildman–Crippen LogP) is 4.45. The van der Waals surface area contributed by atoms with Gasteiger partial charge in [-0.3, -0.25) is 5.41 Å². The van der Waals surface area contributed by atoms with Gasteiger partial charge in [0.2, 0.25) is 0 Å². The number of hydrogen-bond donors (Lipinski definition) is 2. The van der Waals surface area contributed by atoms with Gasteiger partial charge >= 0.3 is 0 Å². The quantitative estimate of drug-likeness (QED) is 0.628. The van der Waals surface area contributed by atoms with Crippen molar-refractivity contribution in [2.45, 2.75) is 32.6 Å². The molecule has 2 rings (SSSR count). The largest absolute Gasteiger partial charge is 0.457 e. The van der Waals surface area contributed by atoms with Crippen LogP contribution in [-0.2, 0) is 5.41 Å². The number of rotatable bonds is 5. The fourth-order valence-electron chi connectivity index (χ4n) is 2.02. The predicted molar refractivity (Wildman–Crippen MR) is 87.3 cm³/mol. The Labute approximate surface area is 126 Å². The zero-order valence-corrected chi connectivity index (χ0v) is 12.8. The van der Waals surface area contributed by atoms with Crippen molar-refractivity contribution in [2.75, 3.05) is 0 Å². The molecule has 0 amide bonds. The molecule has 0 bridgehead atoms. The van der Waals surface area contributed by atoms with Crippen LogP contribution in [0.4, 0.5) is 0 Å². The molecule has 0 saturated heterocycles. The van der Waals surface area contributed by atoms with Gasteiger partial charge in [-0.1, -0.05) is 32.9 Å². The molecule has 21 heavy (non-hydrogen) atoms. The van der Waals surface area contributed by atoms with Crippen LogP contribution in [0.3, 0.4) is 0 Å². The lowest BCUT2D eigenvalue weighted by atomic mass is 9.82. The Kier molecular flexibility index (Phi) is 4.32. The summed E-state index contributed by atoms with van der Waals surface area (Å²) in [6.07, 6.45) is 1.10. The highest BCUT2D eigenvalue weighted by molar-refractivity contribution is 5.94. The van der Waals surface area contributed by atoms with E-state index in [1.807, 2.05) is 24.3 Å². The second-order valence-electron chi connectivity index (χ2n) is 5.80. The van der Waals surface area contributed by atoms with Gasteiger partial charge in [-0.25, -0.2) is 0 Å². The zero-order chi connectivity index (χ0) is 15.5. The first-order valence-electron chi connectivity index (χ1n) is 7.15. The molecule has 0 spiro atoms. The van der Waals surface area contributed by atoms with E-state index in [1.165, 1.54) is 5.56 Å². The normalized spacial score (nSPS) is 11.2. The van der Waals surface area contributed by atoms with Crippen molar-refractivity contribution in [2.24, 2.45) is 5.73 Å². The van der Waals surface area contributed by atoms with Crippen molar-refractivity contribution >= 4 is 5.84 Å². The highest BCUT2D eigenvalue weighted by atomic mass is 16.5. The second-order valence-corrected chi connectivity index (χ2v) is 5.80. The number of hydrogen-bond acceptors (Lipinski definition) is 2. The summed E-state index contributed by atoms with van der Waals surface area (Å²) in [7, 11) is 0. The van der Waals surface area contributed by atoms with Crippen LogP contribution < -0.4 is 10.5 Å². The molecule has 3 heteroatoms. The molecular weight excluding hydrogens is 260 g/mol. The summed E-state index contributed by atoms with van der Waals surface area (Å²) >= 11 is 0. The van der Waals surface area contributed by atoms with Crippen LogP contribution in [0.25, 0.3) is 0 Å². The summed E-state index contributed by atoms with van der Waals surface area (Å²) in [5, 5.41) is 7.36. The van der Waals surface area contributed by atoms with Crippen LogP contribution in [0.1, 0.15) is 38.3 Å².